The van der Waals surface area contributed by atoms with E-state index in [1.54, 1.807) is 7.11 Å². The summed E-state index contributed by atoms with van der Waals surface area (Å²) in [5.74, 6) is 0.869. The average molecular weight is 223 g/mol. The highest BCUT2D eigenvalue weighted by molar-refractivity contribution is 5.29. The van der Waals surface area contributed by atoms with Crippen LogP contribution in [0.2, 0.25) is 0 Å². The number of hydrogen-bond donors (Lipinski definition) is 2. The fourth-order valence-corrected chi connectivity index (χ4v) is 1.68. The molecule has 0 fully saturated rings. The van der Waals surface area contributed by atoms with E-state index in [1.165, 1.54) is 5.56 Å². The van der Waals surface area contributed by atoms with Crippen molar-refractivity contribution in [1.82, 2.24) is 5.32 Å². The Balaban J connectivity index is 2.70. The van der Waals surface area contributed by atoms with E-state index in [-0.39, 0.29) is 18.7 Å². The van der Waals surface area contributed by atoms with Crippen LogP contribution < -0.4 is 10.1 Å². The standard InChI is InChI=1S/C13H21NO2/c1-4-13(14-10(2)9-15)11-5-7-12(16-3)8-6-11/h5-8,10,13-15H,4,9H2,1-3H3/t10-,13?/m1/s1. The van der Waals surface area contributed by atoms with Gasteiger partial charge >= 0.3 is 0 Å². The molecule has 0 aromatic heterocycles. The molecule has 0 saturated carbocycles. The average Bonchev–Trinajstić information content (AvgIpc) is 2.35. The minimum Gasteiger partial charge on any atom is -0.497 e. The highest BCUT2D eigenvalue weighted by Crippen LogP contribution is 2.20. The summed E-state index contributed by atoms with van der Waals surface area (Å²) in [6.07, 6.45) is 0.997. The molecule has 2 atom stereocenters. The molecule has 3 heteroatoms. The zero-order valence-corrected chi connectivity index (χ0v) is 10.2. The number of ether oxygens (including phenoxy) is 1. The van der Waals surface area contributed by atoms with E-state index < -0.39 is 0 Å². The number of hydrogen-bond acceptors (Lipinski definition) is 3. The molecule has 2 N–H and O–H groups in total. The van der Waals surface area contributed by atoms with Crippen LogP contribution in [0.3, 0.4) is 0 Å². The van der Waals surface area contributed by atoms with Crippen molar-refractivity contribution in [2.45, 2.75) is 32.4 Å². The van der Waals surface area contributed by atoms with Gasteiger partial charge in [0.05, 0.1) is 13.7 Å². The lowest BCUT2D eigenvalue weighted by Crippen LogP contribution is -2.32. The number of nitrogens with one attached hydrogen (secondary N) is 1. The highest BCUT2D eigenvalue weighted by atomic mass is 16.5. The lowest BCUT2D eigenvalue weighted by Gasteiger charge is -2.21. The van der Waals surface area contributed by atoms with Gasteiger partial charge in [0.15, 0.2) is 0 Å². The first-order valence-electron chi connectivity index (χ1n) is 5.72. The Bertz CT molecular complexity index is 297. The molecule has 1 aromatic rings. The van der Waals surface area contributed by atoms with E-state index in [1.807, 2.05) is 19.1 Å². The third kappa shape index (κ3) is 3.51. The van der Waals surface area contributed by atoms with Crippen LogP contribution in [-0.4, -0.2) is 24.9 Å². The second kappa shape index (κ2) is 6.51. The van der Waals surface area contributed by atoms with Gasteiger partial charge < -0.3 is 15.2 Å². The molecule has 0 heterocycles. The number of benzene rings is 1. The van der Waals surface area contributed by atoms with Gasteiger partial charge in [0.2, 0.25) is 0 Å². The van der Waals surface area contributed by atoms with E-state index in [0.29, 0.717) is 0 Å². The predicted molar refractivity (Wildman–Crippen MR) is 65.7 cm³/mol. The quantitative estimate of drug-likeness (QED) is 0.776. The summed E-state index contributed by atoms with van der Waals surface area (Å²) in [6.45, 7) is 4.27. The lowest BCUT2D eigenvalue weighted by atomic mass is 10.0. The van der Waals surface area contributed by atoms with Gasteiger partial charge in [0.25, 0.3) is 0 Å². The van der Waals surface area contributed by atoms with Crippen LogP contribution in [-0.2, 0) is 0 Å². The first-order chi connectivity index (χ1) is 7.71. The molecular formula is C13H21NO2. The summed E-state index contributed by atoms with van der Waals surface area (Å²) in [6, 6.07) is 8.45. The summed E-state index contributed by atoms with van der Waals surface area (Å²) in [5.41, 5.74) is 1.23. The van der Waals surface area contributed by atoms with Crippen molar-refractivity contribution >= 4 is 0 Å². The van der Waals surface area contributed by atoms with Crippen LogP contribution >= 0.6 is 0 Å². The lowest BCUT2D eigenvalue weighted by molar-refractivity contribution is 0.239. The molecule has 0 amide bonds. The van der Waals surface area contributed by atoms with E-state index in [4.69, 9.17) is 9.84 Å². The van der Waals surface area contributed by atoms with Crippen molar-refractivity contribution in [3.8, 4) is 5.75 Å². The first-order valence-corrected chi connectivity index (χ1v) is 5.72. The number of rotatable bonds is 6. The highest BCUT2D eigenvalue weighted by Gasteiger charge is 2.11. The largest absolute Gasteiger partial charge is 0.497 e. The van der Waals surface area contributed by atoms with Gasteiger partial charge in [0.1, 0.15) is 5.75 Å². The number of aliphatic hydroxyl groups is 1. The maximum atomic E-state index is 9.03. The fourth-order valence-electron chi connectivity index (χ4n) is 1.68. The normalized spacial score (nSPS) is 14.5. The Morgan fingerprint density at radius 1 is 1.31 bits per heavy atom. The number of methoxy groups -OCH3 is 1. The Labute approximate surface area is 97.4 Å². The molecule has 0 aliphatic carbocycles. The van der Waals surface area contributed by atoms with E-state index >= 15 is 0 Å². The van der Waals surface area contributed by atoms with Crippen LogP contribution in [0.5, 0.6) is 5.75 Å². The van der Waals surface area contributed by atoms with Crippen LogP contribution in [0.15, 0.2) is 24.3 Å². The molecule has 3 nitrogen and oxygen atoms in total. The van der Waals surface area contributed by atoms with E-state index in [9.17, 15) is 0 Å². The molecule has 0 radical (unpaired) electrons. The molecule has 0 aliphatic heterocycles. The van der Waals surface area contributed by atoms with Crippen LogP contribution in [0, 0.1) is 0 Å². The molecule has 1 unspecified atom stereocenters. The third-order valence-electron chi connectivity index (χ3n) is 2.69. The summed E-state index contributed by atoms with van der Waals surface area (Å²) < 4.78 is 5.12. The molecule has 1 aromatic carbocycles. The van der Waals surface area contributed by atoms with Crippen molar-refractivity contribution in [2.24, 2.45) is 0 Å². The number of aliphatic hydroxyl groups excluding tert-OH is 1. The molecule has 0 saturated heterocycles. The summed E-state index contributed by atoms with van der Waals surface area (Å²) in [4.78, 5) is 0. The second-order valence-electron chi connectivity index (χ2n) is 3.98. The Hall–Kier alpha value is -1.06. The summed E-state index contributed by atoms with van der Waals surface area (Å²) in [7, 11) is 1.67. The monoisotopic (exact) mass is 223 g/mol. The summed E-state index contributed by atoms with van der Waals surface area (Å²) in [5, 5.41) is 12.4. The molecule has 16 heavy (non-hydrogen) atoms. The first kappa shape index (κ1) is 13.0. The molecule has 0 spiro atoms. The zero-order valence-electron chi connectivity index (χ0n) is 10.2. The van der Waals surface area contributed by atoms with Gasteiger partial charge in [-0.25, -0.2) is 0 Å². The predicted octanol–water partition coefficient (Wildman–Crippen LogP) is 2.12. The second-order valence-corrected chi connectivity index (χ2v) is 3.98. The maximum absolute atomic E-state index is 9.03. The molecule has 90 valence electrons. The van der Waals surface area contributed by atoms with Gasteiger partial charge in [0, 0.05) is 12.1 Å². The van der Waals surface area contributed by atoms with E-state index in [0.717, 1.165) is 12.2 Å². The molecular weight excluding hydrogens is 202 g/mol. The fraction of sp³-hybridized carbons (Fsp3) is 0.538. The van der Waals surface area contributed by atoms with Crippen molar-refractivity contribution in [2.75, 3.05) is 13.7 Å². The van der Waals surface area contributed by atoms with Crippen molar-refractivity contribution in [3.05, 3.63) is 29.8 Å². The SMILES string of the molecule is CCC(N[C@H](C)CO)c1ccc(OC)cc1. The minimum absolute atomic E-state index is 0.118. The third-order valence-corrected chi connectivity index (χ3v) is 2.69. The molecule has 0 bridgehead atoms. The van der Waals surface area contributed by atoms with Crippen molar-refractivity contribution < 1.29 is 9.84 Å². The minimum atomic E-state index is 0.118. The van der Waals surface area contributed by atoms with E-state index in [2.05, 4.69) is 24.4 Å². The Morgan fingerprint density at radius 3 is 2.38 bits per heavy atom. The zero-order chi connectivity index (χ0) is 12.0. The van der Waals surface area contributed by atoms with Gasteiger partial charge in [-0.1, -0.05) is 19.1 Å². The molecule has 0 aliphatic rings. The van der Waals surface area contributed by atoms with Crippen molar-refractivity contribution in [1.29, 1.82) is 0 Å². The van der Waals surface area contributed by atoms with Crippen molar-refractivity contribution in [3.63, 3.8) is 0 Å². The Kier molecular flexibility index (Phi) is 5.29. The topological polar surface area (TPSA) is 41.5 Å². The van der Waals surface area contributed by atoms with Gasteiger partial charge in [-0.15, -0.1) is 0 Å². The van der Waals surface area contributed by atoms with Gasteiger partial charge in [-0.3, -0.25) is 0 Å². The maximum Gasteiger partial charge on any atom is 0.118 e. The summed E-state index contributed by atoms with van der Waals surface area (Å²) >= 11 is 0. The smallest absolute Gasteiger partial charge is 0.118 e. The Morgan fingerprint density at radius 2 is 1.94 bits per heavy atom. The van der Waals surface area contributed by atoms with Gasteiger partial charge in [-0.2, -0.15) is 0 Å². The van der Waals surface area contributed by atoms with Crippen LogP contribution in [0.25, 0.3) is 0 Å². The van der Waals surface area contributed by atoms with Crippen LogP contribution in [0.1, 0.15) is 31.9 Å². The van der Waals surface area contributed by atoms with Crippen LogP contribution in [0.4, 0.5) is 0 Å². The molecule has 1 rings (SSSR count). The van der Waals surface area contributed by atoms with Gasteiger partial charge in [-0.05, 0) is 31.0 Å².